The van der Waals surface area contributed by atoms with E-state index in [1.165, 1.54) is 0 Å². The minimum Gasteiger partial charge on any atom is -0.497 e. The van der Waals surface area contributed by atoms with E-state index in [9.17, 15) is 10.1 Å². The maximum absolute atomic E-state index is 12.5. The van der Waals surface area contributed by atoms with E-state index in [-0.39, 0.29) is 11.9 Å². The third-order valence-corrected chi connectivity index (χ3v) is 6.00. The molecule has 1 fully saturated rings. The highest BCUT2D eigenvalue weighted by molar-refractivity contribution is 6.30. The molecule has 0 saturated carbocycles. The van der Waals surface area contributed by atoms with Crippen molar-refractivity contribution in [3.05, 3.63) is 64.7 Å². The molecule has 0 radical (unpaired) electrons. The Hall–Kier alpha value is -3.57. The Labute approximate surface area is 198 Å². The van der Waals surface area contributed by atoms with Gasteiger partial charge in [-0.3, -0.25) is 15.1 Å². The molecule has 2 aromatic rings. The molecule has 2 aromatic carbocycles. The SMILES string of the molecule is COc1ccc(CCN=C(NC#N)N2CC(N3CCCC3=O)C(c3ccc(Cl)cc3)=N2)cc1. The summed E-state index contributed by atoms with van der Waals surface area (Å²) in [7, 11) is 1.64. The number of hydrogen-bond acceptors (Lipinski definition) is 5. The smallest absolute Gasteiger partial charge is 0.228 e. The molecule has 1 N–H and O–H groups in total. The molecular weight excluding hydrogens is 440 g/mol. The Morgan fingerprint density at radius 2 is 2.03 bits per heavy atom. The predicted molar refractivity (Wildman–Crippen MR) is 127 cm³/mol. The van der Waals surface area contributed by atoms with E-state index in [0.717, 1.165) is 29.0 Å². The molecular formula is C24H25ClN6O2. The monoisotopic (exact) mass is 464 g/mol. The van der Waals surface area contributed by atoms with Gasteiger partial charge in [-0.25, -0.2) is 5.01 Å². The fraction of sp³-hybridized carbons (Fsp3) is 0.333. The normalized spacial score (nSPS) is 18.3. The zero-order valence-electron chi connectivity index (χ0n) is 18.4. The molecule has 170 valence electrons. The van der Waals surface area contributed by atoms with E-state index in [1.807, 2.05) is 59.6 Å². The first kappa shape index (κ1) is 22.6. The number of rotatable bonds is 6. The topological polar surface area (TPSA) is 93.3 Å². The summed E-state index contributed by atoms with van der Waals surface area (Å²) >= 11 is 6.06. The van der Waals surface area contributed by atoms with Gasteiger partial charge in [0.15, 0.2) is 6.19 Å². The summed E-state index contributed by atoms with van der Waals surface area (Å²) < 4.78 is 5.19. The van der Waals surface area contributed by atoms with Crippen LogP contribution in [0.3, 0.4) is 0 Å². The van der Waals surface area contributed by atoms with Crippen molar-refractivity contribution >= 4 is 29.2 Å². The number of aliphatic imine (C=N–C) groups is 1. The molecule has 0 spiro atoms. The summed E-state index contributed by atoms with van der Waals surface area (Å²) in [5.41, 5.74) is 2.77. The molecule has 0 aliphatic carbocycles. The number of nitrogens with zero attached hydrogens (tertiary/aromatic N) is 5. The largest absolute Gasteiger partial charge is 0.497 e. The summed E-state index contributed by atoms with van der Waals surface area (Å²) in [5.74, 6) is 1.29. The van der Waals surface area contributed by atoms with Crippen LogP contribution in [0.1, 0.15) is 24.0 Å². The third-order valence-electron chi connectivity index (χ3n) is 5.75. The third kappa shape index (κ3) is 5.26. The average molecular weight is 465 g/mol. The molecule has 0 bridgehead atoms. The van der Waals surface area contributed by atoms with Gasteiger partial charge in [0, 0.05) is 30.1 Å². The number of hydrazone groups is 1. The van der Waals surface area contributed by atoms with Crippen LogP contribution < -0.4 is 10.1 Å². The fourth-order valence-electron chi connectivity index (χ4n) is 4.06. The number of ether oxygens (including phenoxy) is 1. The van der Waals surface area contributed by atoms with Gasteiger partial charge in [-0.2, -0.15) is 10.4 Å². The molecule has 1 atom stereocenters. The lowest BCUT2D eigenvalue weighted by Gasteiger charge is -2.25. The van der Waals surface area contributed by atoms with Crippen molar-refractivity contribution in [2.45, 2.75) is 25.3 Å². The maximum Gasteiger partial charge on any atom is 0.228 e. The van der Waals surface area contributed by atoms with Crippen molar-refractivity contribution in [2.75, 3.05) is 26.7 Å². The number of nitrogens with one attached hydrogen (secondary N) is 1. The number of benzene rings is 2. The molecule has 33 heavy (non-hydrogen) atoms. The lowest BCUT2D eigenvalue weighted by atomic mass is 10.0. The molecule has 1 unspecified atom stereocenters. The zero-order valence-corrected chi connectivity index (χ0v) is 19.1. The van der Waals surface area contributed by atoms with Crippen LogP contribution >= 0.6 is 11.6 Å². The maximum atomic E-state index is 12.5. The van der Waals surface area contributed by atoms with Crippen molar-refractivity contribution in [3.63, 3.8) is 0 Å². The number of carbonyl (C=O) groups excluding carboxylic acids is 1. The van der Waals surface area contributed by atoms with Crippen molar-refractivity contribution in [2.24, 2.45) is 10.1 Å². The minimum absolute atomic E-state index is 0.120. The Balaban J connectivity index is 1.55. The molecule has 2 heterocycles. The number of hydrogen-bond donors (Lipinski definition) is 1. The van der Waals surface area contributed by atoms with Crippen LogP contribution in [0.2, 0.25) is 5.02 Å². The second kappa shape index (κ2) is 10.4. The van der Waals surface area contributed by atoms with E-state index >= 15 is 0 Å². The molecule has 9 heteroatoms. The van der Waals surface area contributed by atoms with Crippen LogP contribution in [-0.2, 0) is 11.2 Å². The quantitative estimate of drug-likeness (QED) is 0.307. The number of guanidine groups is 1. The molecule has 4 rings (SSSR count). The fourth-order valence-corrected chi connectivity index (χ4v) is 4.18. The van der Waals surface area contributed by atoms with E-state index in [0.29, 0.717) is 43.5 Å². The molecule has 1 amide bonds. The van der Waals surface area contributed by atoms with Crippen LogP contribution in [0.25, 0.3) is 0 Å². The number of nitriles is 1. The number of amides is 1. The van der Waals surface area contributed by atoms with Gasteiger partial charge in [0.1, 0.15) is 5.75 Å². The highest BCUT2D eigenvalue weighted by Gasteiger charge is 2.38. The van der Waals surface area contributed by atoms with Crippen molar-refractivity contribution < 1.29 is 9.53 Å². The summed E-state index contributed by atoms with van der Waals surface area (Å²) in [6.45, 7) is 1.60. The lowest BCUT2D eigenvalue weighted by molar-refractivity contribution is -0.128. The van der Waals surface area contributed by atoms with Gasteiger partial charge in [0.05, 0.1) is 25.4 Å². The van der Waals surface area contributed by atoms with E-state index in [4.69, 9.17) is 21.4 Å². The summed E-state index contributed by atoms with van der Waals surface area (Å²) in [6, 6.07) is 15.0. The first-order valence-corrected chi connectivity index (χ1v) is 11.2. The van der Waals surface area contributed by atoms with Gasteiger partial charge in [0.25, 0.3) is 0 Å². The Kier molecular flexibility index (Phi) is 7.10. The molecule has 0 aromatic heterocycles. The highest BCUT2D eigenvalue weighted by Crippen LogP contribution is 2.24. The number of methoxy groups -OCH3 is 1. The average Bonchev–Trinajstić information content (AvgIpc) is 3.45. The van der Waals surface area contributed by atoms with Crippen LogP contribution in [-0.4, -0.2) is 60.3 Å². The first-order chi connectivity index (χ1) is 16.1. The Morgan fingerprint density at radius 3 is 2.67 bits per heavy atom. The summed E-state index contributed by atoms with van der Waals surface area (Å²) in [4.78, 5) is 19.0. The van der Waals surface area contributed by atoms with Gasteiger partial charge in [-0.1, -0.05) is 35.9 Å². The van der Waals surface area contributed by atoms with Gasteiger partial charge in [-0.15, -0.1) is 0 Å². The first-order valence-electron chi connectivity index (χ1n) is 10.8. The highest BCUT2D eigenvalue weighted by atomic mass is 35.5. The van der Waals surface area contributed by atoms with Gasteiger partial charge >= 0.3 is 0 Å². The lowest BCUT2D eigenvalue weighted by Crippen LogP contribution is -2.45. The minimum atomic E-state index is -0.214. The van der Waals surface area contributed by atoms with Crippen LogP contribution in [0, 0.1) is 11.5 Å². The summed E-state index contributed by atoms with van der Waals surface area (Å²) in [6.07, 6.45) is 4.04. The van der Waals surface area contributed by atoms with Gasteiger partial charge < -0.3 is 9.64 Å². The van der Waals surface area contributed by atoms with Crippen molar-refractivity contribution in [1.29, 1.82) is 5.26 Å². The predicted octanol–water partition coefficient (Wildman–Crippen LogP) is 3.03. The van der Waals surface area contributed by atoms with Crippen LogP contribution in [0.5, 0.6) is 5.75 Å². The van der Waals surface area contributed by atoms with Crippen LogP contribution in [0.4, 0.5) is 0 Å². The van der Waals surface area contributed by atoms with Gasteiger partial charge in [0.2, 0.25) is 11.9 Å². The Bertz CT molecular complexity index is 1090. The Morgan fingerprint density at radius 1 is 1.27 bits per heavy atom. The van der Waals surface area contributed by atoms with Crippen LogP contribution in [0.15, 0.2) is 58.6 Å². The van der Waals surface area contributed by atoms with E-state index in [1.54, 1.807) is 12.1 Å². The molecule has 2 aliphatic heterocycles. The number of likely N-dealkylation sites (tertiary alicyclic amines) is 1. The zero-order chi connectivity index (χ0) is 23.2. The second-order valence-corrected chi connectivity index (χ2v) is 8.26. The van der Waals surface area contributed by atoms with Crippen molar-refractivity contribution in [3.8, 4) is 11.9 Å². The molecule has 1 saturated heterocycles. The number of halogens is 1. The van der Waals surface area contributed by atoms with E-state index < -0.39 is 0 Å². The molecule has 2 aliphatic rings. The van der Waals surface area contributed by atoms with Gasteiger partial charge in [-0.05, 0) is 42.7 Å². The van der Waals surface area contributed by atoms with Crippen molar-refractivity contribution in [1.82, 2.24) is 15.2 Å². The van der Waals surface area contributed by atoms with E-state index in [2.05, 4.69) is 10.3 Å². The summed E-state index contributed by atoms with van der Waals surface area (Å²) in [5, 5.41) is 19.0. The second-order valence-electron chi connectivity index (χ2n) is 7.82. The number of carbonyl (C=O) groups is 1. The molecule has 8 nitrogen and oxygen atoms in total. The standard InChI is InChI=1S/C24H25ClN6O2/c1-33-20-10-4-17(5-11-20)12-13-27-24(28-16-26)31-15-21(30-14-2-3-22(30)32)23(29-31)18-6-8-19(25)9-7-18/h4-11,21H,2-3,12-15H2,1H3,(H,27,28).